The lowest BCUT2D eigenvalue weighted by molar-refractivity contribution is -0.144. The molecule has 0 aliphatic carbocycles. The number of hydrogen-bond acceptors (Lipinski definition) is 3. The van der Waals surface area contributed by atoms with E-state index < -0.39 is 29.6 Å². The highest BCUT2D eigenvalue weighted by molar-refractivity contribution is 9.11. The molecule has 0 fully saturated rings. The minimum Gasteiger partial charge on any atom is -0.467 e. The van der Waals surface area contributed by atoms with Crippen molar-refractivity contribution in [2.75, 3.05) is 7.11 Å². The first kappa shape index (κ1) is 17.3. The molecule has 114 valence electrons. The average molecular weight is 362 g/mol. The van der Waals surface area contributed by atoms with Crippen LogP contribution in [0.15, 0.2) is 29.3 Å². The van der Waals surface area contributed by atoms with Crippen LogP contribution in [0.3, 0.4) is 0 Å². The third-order valence-corrected chi connectivity index (χ3v) is 2.92. The number of esters is 1. The summed E-state index contributed by atoms with van der Waals surface area (Å²) in [6.45, 7) is 3.59. The lowest BCUT2D eigenvalue weighted by Gasteiger charge is -2.16. The Morgan fingerprint density at radius 1 is 1.38 bits per heavy atom. The Kier molecular flexibility index (Phi) is 6.48. The third kappa shape index (κ3) is 5.63. The van der Waals surface area contributed by atoms with E-state index in [9.17, 15) is 18.4 Å². The number of halogens is 3. The summed E-state index contributed by atoms with van der Waals surface area (Å²) in [5, 5.41) is 2.46. The Bertz CT molecular complexity index is 563. The Morgan fingerprint density at radius 2 is 2.05 bits per heavy atom. The van der Waals surface area contributed by atoms with Crippen molar-refractivity contribution in [1.82, 2.24) is 5.32 Å². The molecule has 21 heavy (non-hydrogen) atoms. The Morgan fingerprint density at radius 3 is 2.57 bits per heavy atom. The van der Waals surface area contributed by atoms with E-state index in [1.165, 1.54) is 13.2 Å². The van der Waals surface area contributed by atoms with Gasteiger partial charge in [0.15, 0.2) is 11.6 Å². The number of carbonyl (C=O) groups is 2. The van der Waals surface area contributed by atoms with Crippen LogP contribution in [0.2, 0.25) is 0 Å². The maximum absolute atomic E-state index is 13.0. The van der Waals surface area contributed by atoms with Gasteiger partial charge in [0.05, 0.1) is 13.5 Å². The van der Waals surface area contributed by atoms with Gasteiger partial charge < -0.3 is 10.1 Å². The normalized spacial score (nSPS) is 11.6. The molecule has 0 heterocycles. The highest BCUT2D eigenvalue weighted by Gasteiger charge is 2.22. The van der Waals surface area contributed by atoms with Gasteiger partial charge >= 0.3 is 5.97 Å². The topological polar surface area (TPSA) is 55.4 Å². The second-order valence-corrected chi connectivity index (χ2v) is 5.41. The Balaban J connectivity index is 2.70. The molecular weight excluding hydrogens is 348 g/mol. The zero-order valence-electron chi connectivity index (χ0n) is 11.3. The summed E-state index contributed by atoms with van der Waals surface area (Å²) in [4.78, 5) is 23.4. The van der Waals surface area contributed by atoms with Crippen molar-refractivity contribution in [2.45, 2.75) is 18.9 Å². The zero-order valence-corrected chi connectivity index (χ0v) is 12.9. The van der Waals surface area contributed by atoms with Gasteiger partial charge in [-0.15, -0.1) is 0 Å². The van der Waals surface area contributed by atoms with Crippen LogP contribution in [-0.4, -0.2) is 25.0 Å². The molecule has 1 amide bonds. The van der Waals surface area contributed by atoms with E-state index in [0.717, 1.165) is 12.1 Å². The highest BCUT2D eigenvalue weighted by Crippen LogP contribution is 2.12. The molecule has 0 saturated carbocycles. The number of amides is 1. The first-order valence-corrected chi connectivity index (χ1v) is 6.77. The first-order chi connectivity index (χ1) is 9.83. The zero-order chi connectivity index (χ0) is 16.0. The van der Waals surface area contributed by atoms with Crippen molar-refractivity contribution in [1.29, 1.82) is 0 Å². The van der Waals surface area contributed by atoms with Crippen molar-refractivity contribution in [3.8, 4) is 0 Å². The van der Waals surface area contributed by atoms with Crippen molar-refractivity contribution in [3.05, 3.63) is 46.5 Å². The van der Waals surface area contributed by atoms with Crippen LogP contribution >= 0.6 is 15.9 Å². The van der Waals surface area contributed by atoms with Crippen LogP contribution in [0.4, 0.5) is 8.78 Å². The second-order valence-electron chi connectivity index (χ2n) is 4.29. The molecular formula is C14H14BrF2NO3. The van der Waals surface area contributed by atoms with Crippen molar-refractivity contribution >= 4 is 27.8 Å². The van der Waals surface area contributed by atoms with Gasteiger partial charge in [-0.3, -0.25) is 4.79 Å². The number of rotatable bonds is 6. The summed E-state index contributed by atoms with van der Waals surface area (Å²) < 4.78 is 30.9. The molecule has 4 nitrogen and oxygen atoms in total. The van der Waals surface area contributed by atoms with Gasteiger partial charge in [-0.05, 0) is 22.2 Å². The van der Waals surface area contributed by atoms with E-state index in [0.29, 0.717) is 10.0 Å². The maximum atomic E-state index is 13.0. The van der Waals surface area contributed by atoms with E-state index in [2.05, 4.69) is 32.6 Å². The quantitative estimate of drug-likeness (QED) is 0.791. The smallest absolute Gasteiger partial charge is 0.328 e. The van der Waals surface area contributed by atoms with Crippen LogP contribution in [0.25, 0.3) is 0 Å². The number of ether oxygens (including phenoxy) is 1. The molecule has 0 aliphatic heterocycles. The molecule has 1 N–H and O–H groups in total. The van der Waals surface area contributed by atoms with Gasteiger partial charge in [0.25, 0.3) is 0 Å². The van der Waals surface area contributed by atoms with Crippen LogP contribution in [-0.2, 0) is 20.7 Å². The molecule has 7 heteroatoms. The number of benzene rings is 1. The summed E-state index contributed by atoms with van der Waals surface area (Å²) in [6, 6.07) is 2.29. The molecule has 0 aromatic heterocycles. The third-order valence-electron chi connectivity index (χ3n) is 2.60. The Hall–Kier alpha value is -1.76. The van der Waals surface area contributed by atoms with E-state index in [-0.39, 0.29) is 12.8 Å². The SMILES string of the molecule is C=C(Br)C[C@H](NC(=O)Cc1ccc(F)c(F)c1)C(=O)OC. The van der Waals surface area contributed by atoms with Gasteiger partial charge in [0.1, 0.15) is 6.04 Å². The molecule has 0 spiro atoms. The van der Waals surface area contributed by atoms with Gasteiger partial charge in [0, 0.05) is 6.42 Å². The Labute approximate surface area is 129 Å². The summed E-state index contributed by atoms with van der Waals surface area (Å²) in [5.41, 5.74) is 0.299. The summed E-state index contributed by atoms with van der Waals surface area (Å²) in [7, 11) is 1.20. The van der Waals surface area contributed by atoms with E-state index in [4.69, 9.17) is 0 Å². The van der Waals surface area contributed by atoms with Crippen LogP contribution < -0.4 is 5.32 Å². The van der Waals surface area contributed by atoms with Crippen molar-refractivity contribution in [3.63, 3.8) is 0 Å². The molecule has 0 aliphatic rings. The van der Waals surface area contributed by atoms with E-state index in [1.54, 1.807) is 0 Å². The fourth-order valence-electron chi connectivity index (χ4n) is 1.64. The van der Waals surface area contributed by atoms with Crippen molar-refractivity contribution < 1.29 is 23.1 Å². The minimum atomic E-state index is -1.03. The van der Waals surface area contributed by atoms with Gasteiger partial charge in [0.2, 0.25) is 5.91 Å². The van der Waals surface area contributed by atoms with Crippen molar-refractivity contribution in [2.24, 2.45) is 0 Å². The molecule has 0 bridgehead atoms. The first-order valence-electron chi connectivity index (χ1n) is 5.98. The predicted molar refractivity (Wildman–Crippen MR) is 76.7 cm³/mol. The molecule has 0 radical (unpaired) electrons. The molecule has 0 saturated heterocycles. The lowest BCUT2D eigenvalue weighted by Crippen LogP contribution is -2.42. The number of methoxy groups -OCH3 is 1. The molecule has 1 aromatic carbocycles. The average Bonchev–Trinajstić information content (AvgIpc) is 2.40. The molecule has 0 unspecified atom stereocenters. The summed E-state index contributed by atoms with van der Waals surface area (Å²) in [5.74, 6) is -3.14. The molecule has 1 aromatic rings. The van der Waals surface area contributed by atoms with Gasteiger partial charge in [-0.2, -0.15) is 0 Å². The van der Waals surface area contributed by atoms with Gasteiger partial charge in [-0.25, -0.2) is 13.6 Å². The molecule has 1 atom stereocenters. The van der Waals surface area contributed by atoms with E-state index >= 15 is 0 Å². The fraction of sp³-hybridized carbons (Fsp3) is 0.286. The van der Waals surface area contributed by atoms with E-state index in [1.807, 2.05) is 0 Å². The van der Waals surface area contributed by atoms with Gasteiger partial charge in [-0.1, -0.05) is 28.6 Å². The monoisotopic (exact) mass is 361 g/mol. The number of carbonyl (C=O) groups excluding carboxylic acids is 2. The standard InChI is InChI=1S/C14H14BrF2NO3/c1-8(15)5-12(14(20)21-2)18-13(19)7-9-3-4-10(16)11(17)6-9/h3-4,6,12H,1,5,7H2,2H3,(H,18,19)/t12-/m0/s1. The minimum absolute atomic E-state index is 0.163. The summed E-state index contributed by atoms with van der Waals surface area (Å²) >= 11 is 3.10. The largest absolute Gasteiger partial charge is 0.467 e. The highest BCUT2D eigenvalue weighted by atomic mass is 79.9. The van der Waals surface area contributed by atoms with Crippen LogP contribution in [0, 0.1) is 11.6 Å². The number of hydrogen-bond donors (Lipinski definition) is 1. The predicted octanol–water partition coefficient (Wildman–Crippen LogP) is 2.46. The second kappa shape index (κ2) is 7.87. The van der Waals surface area contributed by atoms with Crippen LogP contribution in [0.5, 0.6) is 0 Å². The lowest BCUT2D eigenvalue weighted by atomic mass is 10.1. The van der Waals surface area contributed by atoms with Crippen LogP contribution in [0.1, 0.15) is 12.0 Å². The maximum Gasteiger partial charge on any atom is 0.328 e. The number of nitrogens with one attached hydrogen (secondary N) is 1. The molecule has 1 rings (SSSR count). The fourth-order valence-corrected chi connectivity index (χ4v) is 1.96. The summed E-state index contributed by atoms with van der Waals surface area (Å²) in [6.07, 6.45) is -0.0182.